The number of ether oxygens (including phenoxy) is 1. The van der Waals surface area contributed by atoms with Crippen LogP contribution in [-0.4, -0.2) is 6.61 Å². The van der Waals surface area contributed by atoms with Crippen LogP contribution in [0.3, 0.4) is 0 Å². The number of aryl methyl sites for hydroxylation is 2. The van der Waals surface area contributed by atoms with E-state index in [0.717, 1.165) is 24.2 Å². The first-order chi connectivity index (χ1) is 19.1. The minimum Gasteiger partial charge on any atom is -0.493 e. The van der Waals surface area contributed by atoms with Gasteiger partial charge in [0.05, 0.1) is 6.61 Å². The Bertz CT molecular complexity index is 865. The largest absolute Gasteiger partial charge is 0.493 e. The molecule has 0 saturated carbocycles. The zero-order valence-corrected chi connectivity index (χ0v) is 30.6. The first-order valence-electron chi connectivity index (χ1n) is 16.9. The fourth-order valence-electron chi connectivity index (χ4n) is 5.10. The third-order valence-electron chi connectivity index (χ3n) is 7.74. The maximum absolute atomic E-state index is 6.27. The van der Waals surface area contributed by atoms with Crippen LogP contribution >= 0.6 is 0 Å². The molecule has 0 amide bonds. The van der Waals surface area contributed by atoms with Crippen molar-refractivity contribution in [3.05, 3.63) is 65.2 Å². The topological polar surface area (TPSA) is 9.23 Å². The number of hydrogen-bond acceptors (Lipinski definition) is 1. The van der Waals surface area contributed by atoms with Gasteiger partial charge in [0.2, 0.25) is 0 Å². The van der Waals surface area contributed by atoms with Crippen molar-refractivity contribution < 1.29 is 4.74 Å². The van der Waals surface area contributed by atoms with E-state index >= 15 is 0 Å². The van der Waals surface area contributed by atoms with E-state index in [0.29, 0.717) is 17.3 Å². The van der Waals surface area contributed by atoms with Gasteiger partial charge in [0.1, 0.15) is 5.75 Å². The van der Waals surface area contributed by atoms with Gasteiger partial charge in [-0.1, -0.05) is 158 Å². The summed E-state index contributed by atoms with van der Waals surface area (Å²) in [7, 11) is 0. The molecular formula is C40H72O. The summed E-state index contributed by atoms with van der Waals surface area (Å²) >= 11 is 0. The molecule has 2 aromatic rings. The Morgan fingerprint density at radius 3 is 1.71 bits per heavy atom. The van der Waals surface area contributed by atoms with E-state index in [1.165, 1.54) is 48.8 Å². The molecule has 0 heterocycles. The second-order valence-corrected chi connectivity index (χ2v) is 14.1. The predicted molar refractivity (Wildman–Crippen MR) is 188 cm³/mol. The highest BCUT2D eigenvalue weighted by Gasteiger charge is 2.24. The Balaban J connectivity index is 0. The van der Waals surface area contributed by atoms with Crippen LogP contribution in [0.4, 0.5) is 0 Å². The van der Waals surface area contributed by atoms with Crippen molar-refractivity contribution in [2.75, 3.05) is 6.61 Å². The summed E-state index contributed by atoms with van der Waals surface area (Å²) in [5, 5.41) is 0. The molecule has 0 bridgehead atoms. The van der Waals surface area contributed by atoms with Crippen LogP contribution in [0.25, 0.3) is 0 Å². The number of para-hydroxylation sites is 1. The average molecular weight is 569 g/mol. The van der Waals surface area contributed by atoms with Gasteiger partial charge in [-0.3, -0.25) is 0 Å². The molecule has 4 atom stereocenters. The molecule has 0 aromatic heterocycles. The zero-order valence-electron chi connectivity index (χ0n) is 30.6. The fraction of sp³-hybridized carbons (Fsp3) is 0.700. The van der Waals surface area contributed by atoms with Crippen LogP contribution in [0.15, 0.2) is 48.5 Å². The third kappa shape index (κ3) is 19.9. The molecule has 0 N–H and O–H groups in total. The zero-order chi connectivity index (χ0) is 32.2. The lowest BCUT2D eigenvalue weighted by atomic mass is 9.77. The van der Waals surface area contributed by atoms with Crippen LogP contribution in [-0.2, 0) is 5.41 Å². The summed E-state index contributed by atoms with van der Waals surface area (Å²) in [5.41, 5.74) is 4.64. The summed E-state index contributed by atoms with van der Waals surface area (Å²) in [6.07, 6.45) is 6.51. The Labute approximate surface area is 259 Å². The first-order valence-corrected chi connectivity index (χ1v) is 16.9. The minimum atomic E-state index is 0.285. The van der Waals surface area contributed by atoms with Gasteiger partial charge in [0, 0.05) is 0 Å². The lowest BCUT2D eigenvalue weighted by Gasteiger charge is -2.31. The van der Waals surface area contributed by atoms with Crippen molar-refractivity contribution >= 4 is 0 Å². The van der Waals surface area contributed by atoms with Crippen LogP contribution in [0.2, 0.25) is 0 Å². The van der Waals surface area contributed by atoms with E-state index in [1.807, 2.05) is 27.7 Å². The average Bonchev–Trinajstić information content (AvgIpc) is 2.91. The summed E-state index contributed by atoms with van der Waals surface area (Å²) in [6, 6.07) is 17.1. The van der Waals surface area contributed by atoms with E-state index in [1.54, 1.807) is 0 Å². The highest BCUT2D eigenvalue weighted by molar-refractivity contribution is 5.31. The van der Waals surface area contributed by atoms with E-state index < -0.39 is 0 Å². The van der Waals surface area contributed by atoms with Gasteiger partial charge < -0.3 is 4.74 Å². The molecule has 0 spiro atoms. The van der Waals surface area contributed by atoms with E-state index in [9.17, 15) is 0 Å². The molecule has 0 aliphatic heterocycles. The summed E-state index contributed by atoms with van der Waals surface area (Å²) < 4.78 is 6.27. The molecule has 4 unspecified atom stereocenters. The second kappa shape index (κ2) is 21.9. The van der Waals surface area contributed by atoms with Crippen molar-refractivity contribution in [1.82, 2.24) is 0 Å². The van der Waals surface area contributed by atoms with Gasteiger partial charge in [-0.05, 0) is 84.8 Å². The molecule has 0 aliphatic rings. The third-order valence-corrected chi connectivity index (χ3v) is 7.74. The van der Waals surface area contributed by atoms with Gasteiger partial charge >= 0.3 is 0 Å². The van der Waals surface area contributed by atoms with E-state index in [2.05, 4.69) is 132 Å². The lowest BCUT2D eigenvalue weighted by Crippen LogP contribution is -2.25. The van der Waals surface area contributed by atoms with Crippen molar-refractivity contribution in [3.8, 4) is 5.75 Å². The van der Waals surface area contributed by atoms with Crippen LogP contribution in [0.5, 0.6) is 5.75 Å². The van der Waals surface area contributed by atoms with Crippen molar-refractivity contribution in [2.24, 2.45) is 29.1 Å². The summed E-state index contributed by atoms with van der Waals surface area (Å²) in [6.45, 7) is 36.4. The highest BCUT2D eigenvalue weighted by atomic mass is 16.5. The Hall–Kier alpha value is -1.76. The number of rotatable bonds is 11. The Morgan fingerprint density at radius 2 is 1.24 bits per heavy atom. The maximum atomic E-state index is 6.27. The molecule has 1 heteroatoms. The normalized spacial score (nSPS) is 14.0. The monoisotopic (exact) mass is 569 g/mol. The van der Waals surface area contributed by atoms with Gasteiger partial charge in [0.15, 0.2) is 0 Å². The molecule has 0 fully saturated rings. The van der Waals surface area contributed by atoms with Gasteiger partial charge in [-0.2, -0.15) is 0 Å². The molecule has 2 aromatic carbocycles. The Morgan fingerprint density at radius 1 is 0.707 bits per heavy atom. The first kappa shape index (κ1) is 41.4. The molecule has 2 rings (SSSR count). The molecule has 41 heavy (non-hydrogen) atoms. The van der Waals surface area contributed by atoms with Crippen molar-refractivity contribution in [2.45, 2.75) is 148 Å². The molecule has 1 nitrogen and oxygen atoms in total. The quantitative estimate of drug-likeness (QED) is 0.262. The molecule has 0 aliphatic carbocycles. The van der Waals surface area contributed by atoms with Gasteiger partial charge in [0.25, 0.3) is 0 Å². The highest BCUT2D eigenvalue weighted by Crippen LogP contribution is 2.33. The molecule has 0 radical (unpaired) electrons. The smallest absolute Gasteiger partial charge is 0.122 e. The molecule has 238 valence electrons. The van der Waals surface area contributed by atoms with Crippen molar-refractivity contribution in [3.63, 3.8) is 0 Å². The van der Waals surface area contributed by atoms with E-state index in [4.69, 9.17) is 4.74 Å². The van der Waals surface area contributed by atoms with Crippen LogP contribution < -0.4 is 4.74 Å². The SMILES string of the molecule is CC.CC.CCC(C)CC(C)CCC(COc1ccccc1C)C(C)CC(C)(C)C.Cc1ccc(C(C)(C)C)cc1. The fourth-order valence-corrected chi connectivity index (χ4v) is 5.10. The van der Waals surface area contributed by atoms with Crippen LogP contribution in [0, 0.1) is 42.9 Å². The van der Waals surface area contributed by atoms with E-state index in [-0.39, 0.29) is 5.41 Å². The van der Waals surface area contributed by atoms with Gasteiger partial charge in [-0.15, -0.1) is 0 Å². The predicted octanol–water partition coefficient (Wildman–Crippen LogP) is 13.3. The molecular weight excluding hydrogens is 496 g/mol. The second-order valence-electron chi connectivity index (χ2n) is 14.1. The lowest BCUT2D eigenvalue weighted by molar-refractivity contribution is 0.149. The summed E-state index contributed by atoms with van der Waals surface area (Å²) in [4.78, 5) is 0. The standard InChI is InChI=1S/C25H44O.C11H16.2C2H6/c1-9-19(2)16-20(3)14-15-23(22(5)17-25(6,7)8)18-26-24-13-11-10-12-21(24)4;1-9-5-7-10(8-6-9)11(2,3)4;2*1-2/h10-13,19-20,22-23H,9,14-18H2,1-8H3;5-8H,1-4H3;2*1-2H3. The van der Waals surface area contributed by atoms with Crippen LogP contribution in [0.1, 0.15) is 146 Å². The van der Waals surface area contributed by atoms with Crippen molar-refractivity contribution in [1.29, 1.82) is 0 Å². The minimum absolute atomic E-state index is 0.285. The van der Waals surface area contributed by atoms with Gasteiger partial charge in [-0.25, -0.2) is 0 Å². The Kier molecular flexibility index (Phi) is 22.1. The maximum Gasteiger partial charge on any atom is 0.122 e. The molecule has 0 saturated heterocycles. The number of benzene rings is 2. The number of hydrogen-bond donors (Lipinski definition) is 0. The summed E-state index contributed by atoms with van der Waals surface area (Å²) in [5.74, 6) is 4.03.